The van der Waals surface area contributed by atoms with Gasteiger partial charge in [0.05, 0.1) is 14.2 Å². The number of rotatable bonds is 6. The third kappa shape index (κ3) is 3.28. The molecule has 16 heavy (non-hydrogen) atoms. The molecule has 0 spiro atoms. The third-order valence-electron chi connectivity index (χ3n) is 2.24. The number of methoxy groups -OCH3 is 2. The van der Waals surface area contributed by atoms with Crippen molar-refractivity contribution in [2.24, 2.45) is 0 Å². The predicted molar refractivity (Wildman–Crippen MR) is 67.1 cm³/mol. The molecule has 0 saturated carbocycles. The average Bonchev–Trinajstić information content (AvgIpc) is 2.34. The minimum Gasteiger partial charge on any atom is -0.493 e. The first kappa shape index (κ1) is 12.6. The van der Waals surface area contributed by atoms with Gasteiger partial charge in [0.1, 0.15) is 0 Å². The number of hydrogen-bond acceptors (Lipinski definition) is 3. The van der Waals surface area contributed by atoms with Gasteiger partial charge in [-0.15, -0.1) is 0 Å². The van der Waals surface area contributed by atoms with E-state index in [2.05, 4.69) is 18.3 Å². The molecule has 0 unspecified atom stereocenters. The lowest BCUT2D eigenvalue weighted by Crippen LogP contribution is -2.11. The fourth-order valence-corrected chi connectivity index (χ4v) is 1.46. The first-order valence-corrected chi connectivity index (χ1v) is 5.41. The summed E-state index contributed by atoms with van der Waals surface area (Å²) in [5.74, 6) is 1.53. The molecule has 1 aromatic carbocycles. The molecule has 0 saturated heterocycles. The normalized spacial score (nSPS) is 10.7. The van der Waals surface area contributed by atoms with Crippen LogP contribution >= 0.6 is 0 Å². The van der Waals surface area contributed by atoms with Crippen molar-refractivity contribution in [3.63, 3.8) is 0 Å². The summed E-state index contributed by atoms with van der Waals surface area (Å²) in [7, 11) is 3.30. The molecule has 0 atom stereocenters. The monoisotopic (exact) mass is 221 g/mol. The van der Waals surface area contributed by atoms with E-state index in [9.17, 15) is 0 Å². The number of nitrogens with one attached hydrogen (secondary N) is 1. The van der Waals surface area contributed by atoms with Gasteiger partial charge in [-0.2, -0.15) is 0 Å². The van der Waals surface area contributed by atoms with E-state index >= 15 is 0 Å². The molecule has 0 amide bonds. The highest BCUT2D eigenvalue weighted by atomic mass is 16.5. The van der Waals surface area contributed by atoms with E-state index in [1.54, 1.807) is 14.2 Å². The molecule has 0 aromatic heterocycles. The van der Waals surface area contributed by atoms with Gasteiger partial charge in [0.25, 0.3) is 0 Å². The van der Waals surface area contributed by atoms with E-state index in [4.69, 9.17) is 9.47 Å². The molecule has 0 bridgehead atoms. The summed E-state index contributed by atoms with van der Waals surface area (Å²) in [6, 6.07) is 5.85. The number of benzene rings is 1. The molecule has 88 valence electrons. The van der Waals surface area contributed by atoms with Crippen molar-refractivity contribution in [3.8, 4) is 11.5 Å². The van der Waals surface area contributed by atoms with Crippen LogP contribution in [0.3, 0.4) is 0 Å². The van der Waals surface area contributed by atoms with Crippen LogP contribution < -0.4 is 14.8 Å². The molecule has 0 aliphatic heterocycles. The minimum absolute atomic E-state index is 0.758. The van der Waals surface area contributed by atoms with Gasteiger partial charge < -0.3 is 14.8 Å². The van der Waals surface area contributed by atoms with Crippen molar-refractivity contribution < 1.29 is 9.47 Å². The summed E-state index contributed by atoms with van der Waals surface area (Å²) in [5.41, 5.74) is 1.03. The number of likely N-dealkylation sites (N-methyl/N-ethyl adjacent to an activating group) is 1. The Labute approximate surface area is 97.1 Å². The van der Waals surface area contributed by atoms with Crippen molar-refractivity contribution in [1.82, 2.24) is 5.32 Å². The second-order valence-electron chi connectivity index (χ2n) is 3.29. The van der Waals surface area contributed by atoms with E-state index in [0.29, 0.717) is 0 Å². The zero-order valence-electron chi connectivity index (χ0n) is 10.1. The number of ether oxygens (including phenoxy) is 2. The van der Waals surface area contributed by atoms with E-state index in [0.717, 1.165) is 30.2 Å². The molecule has 0 heterocycles. The second kappa shape index (κ2) is 6.90. The van der Waals surface area contributed by atoms with E-state index < -0.39 is 0 Å². The Kier molecular flexibility index (Phi) is 5.43. The maximum Gasteiger partial charge on any atom is 0.167 e. The Hall–Kier alpha value is -1.48. The van der Waals surface area contributed by atoms with Crippen molar-refractivity contribution in [2.75, 3.05) is 27.3 Å². The first-order chi connectivity index (χ1) is 7.83. The Bertz CT molecular complexity index is 348. The molecule has 0 aliphatic rings. The largest absolute Gasteiger partial charge is 0.493 e. The van der Waals surface area contributed by atoms with Crippen LogP contribution in [0, 0.1) is 0 Å². The number of para-hydroxylation sites is 1. The van der Waals surface area contributed by atoms with Gasteiger partial charge >= 0.3 is 0 Å². The Morgan fingerprint density at radius 1 is 1.25 bits per heavy atom. The maximum atomic E-state index is 5.33. The van der Waals surface area contributed by atoms with Crippen LogP contribution in [0.4, 0.5) is 0 Å². The van der Waals surface area contributed by atoms with Crippen LogP contribution in [0.15, 0.2) is 24.3 Å². The SMILES string of the molecule is CCNCC=Cc1cccc(OC)c1OC. The molecule has 0 aliphatic carbocycles. The van der Waals surface area contributed by atoms with Gasteiger partial charge in [-0.1, -0.05) is 31.2 Å². The molecule has 0 radical (unpaired) electrons. The van der Waals surface area contributed by atoms with E-state index in [1.165, 1.54) is 0 Å². The van der Waals surface area contributed by atoms with Gasteiger partial charge in [-0.05, 0) is 12.6 Å². The Morgan fingerprint density at radius 2 is 2.06 bits per heavy atom. The number of hydrogen-bond donors (Lipinski definition) is 1. The van der Waals surface area contributed by atoms with Crippen LogP contribution in [0.2, 0.25) is 0 Å². The summed E-state index contributed by atoms with van der Waals surface area (Å²) >= 11 is 0. The van der Waals surface area contributed by atoms with Crippen LogP contribution in [0.5, 0.6) is 11.5 Å². The molecular formula is C13H19NO2. The predicted octanol–water partition coefficient (Wildman–Crippen LogP) is 2.33. The first-order valence-electron chi connectivity index (χ1n) is 5.41. The molecule has 0 fully saturated rings. The fraction of sp³-hybridized carbons (Fsp3) is 0.385. The highest BCUT2D eigenvalue weighted by Gasteiger charge is 2.05. The van der Waals surface area contributed by atoms with Crippen molar-refractivity contribution in [3.05, 3.63) is 29.8 Å². The summed E-state index contributed by atoms with van der Waals surface area (Å²) < 4.78 is 10.6. The maximum absolute atomic E-state index is 5.33. The average molecular weight is 221 g/mol. The zero-order valence-corrected chi connectivity index (χ0v) is 10.1. The van der Waals surface area contributed by atoms with Crippen LogP contribution in [-0.4, -0.2) is 27.3 Å². The standard InChI is InChI=1S/C13H19NO2/c1-4-14-10-6-8-11-7-5-9-12(15-2)13(11)16-3/h5-9,14H,4,10H2,1-3H3. The summed E-state index contributed by atoms with van der Waals surface area (Å²) in [6.07, 6.45) is 4.10. The molecular weight excluding hydrogens is 202 g/mol. The van der Waals surface area contributed by atoms with Gasteiger partial charge in [0.2, 0.25) is 0 Å². The van der Waals surface area contributed by atoms with Crippen LogP contribution in [0.25, 0.3) is 6.08 Å². The van der Waals surface area contributed by atoms with Crippen molar-refractivity contribution in [1.29, 1.82) is 0 Å². The topological polar surface area (TPSA) is 30.5 Å². The van der Waals surface area contributed by atoms with Crippen LogP contribution in [0.1, 0.15) is 12.5 Å². The molecule has 1 aromatic rings. The third-order valence-corrected chi connectivity index (χ3v) is 2.24. The Morgan fingerprint density at radius 3 is 2.69 bits per heavy atom. The summed E-state index contributed by atoms with van der Waals surface area (Å²) in [5, 5.41) is 3.23. The van der Waals surface area contributed by atoms with Crippen molar-refractivity contribution in [2.45, 2.75) is 6.92 Å². The second-order valence-corrected chi connectivity index (χ2v) is 3.29. The smallest absolute Gasteiger partial charge is 0.167 e. The minimum atomic E-state index is 0.758. The lowest BCUT2D eigenvalue weighted by Gasteiger charge is -2.09. The lowest BCUT2D eigenvalue weighted by molar-refractivity contribution is 0.354. The van der Waals surface area contributed by atoms with E-state index in [1.807, 2.05) is 24.3 Å². The molecule has 1 rings (SSSR count). The molecule has 3 heteroatoms. The highest BCUT2D eigenvalue weighted by Crippen LogP contribution is 2.31. The van der Waals surface area contributed by atoms with Crippen LogP contribution in [-0.2, 0) is 0 Å². The fourth-order valence-electron chi connectivity index (χ4n) is 1.46. The van der Waals surface area contributed by atoms with Gasteiger partial charge in [-0.25, -0.2) is 0 Å². The molecule has 3 nitrogen and oxygen atoms in total. The Balaban J connectivity index is 2.82. The van der Waals surface area contributed by atoms with Gasteiger partial charge in [0, 0.05) is 12.1 Å². The van der Waals surface area contributed by atoms with Gasteiger partial charge in [0.15, 0.2) is 11.5 Å². The lowest BCUT2D eigenvalue weighted by atomic mass is 10.1. The zero-order chi connectivity index (χ0) is 11.8. The summed E-state index contributed by atoms with van der Waals surface area (Å²) in [4.78, 5) is 0. The van der Waals surface area contributed by atoms with E-state index in [-0.39, 0.29) is 0 Å². The molecule has 1 N–H and O–H groups in total. The van der Waals surface area contributed by atoms with Gasteiger partial charge in [-0.3, -0.25) is 0 Å². The summed E-state index contributed by atoms with van der Waals surface area (Å²) in [6.45, 7) is 3.91. The quantitative estimate of drug-likeness (QED) is 0.748. The van der Waals surface area contributed by atoms with Crippen molar-refractivity contribution >= 4 is 6.08 Å². The highest BCUT2D eigenvalue weighted by molar-refractivity contribution is 5.62.